The Balaban J connectivity index is 1.55. The fourth-order valence-electron chi connectivity index (χ4n) is 6.21. The molecule has 0 amide bonds. The number of aliphatic hydroxyl groups is 1. The van der Waals surface area contributed by atoms with E-state index in [2.05, 4.69) is 17.5 Å². The molecular formula is C23H29NO6. The van der Waals surface area contributed by atoms with Gasteiger partial charge in [0, 0.05) is 38.2 Å². The van der Waals surface area contributed by atoms with Gasteiger partial charge in [-0.1, -0.05) is 12.1 Å². The van der Waals surface area contributed by atoms with Crippen molar-refractivity contribution in [2.75, 3.05) is 40.2 Å². The number of methoxy groups -OCH3 is 1. The quantitative estimate of drug-likeness (QED) is 0.393. The zero-order chi connectivity index (χ0) is 20.9. The molecule has 1 unspecified atom stereocenters. The summed E-state index contributed by atoms with van der Waals surface area (Å²) in [4.78, 5) is 15.3. The van der Waals surface area contributed by atoms with Gasteiger partial charge >= 0.3 is 0 Å². The third-order valence-electron chi connectivity index (χ3n) is 7.45. The van der Waals surface area contributed by atoms with E-state index in [1.165, 1.54) is 0 Å². The molecule has 1 saturated carbocycles. The molecule has 0 aromatic heterocycles. The Labute approximate surface area is 176 Å². The number of likely N-dealkylation sites (tertiary alicyclic amines) is 1. The molecule has 5 rings (SSSR count). The first-order chi connectivity index (χ1) is 14.6. The fraction of sp³-hybridized carbons (Fsp3) is 0.609. The number of hydrogen-bond acceptors (Lipinski definition) is 7. The molecule has 2 aliphatic heterocycles. The second-order valence-corrected chi connectivity index (χ2v) is 8.70. The van der Waals surface area contributed by atoms with E-state index >= 15 is 0 Å². The summed E-state index contributed by atoms with van der Waals surface area (Å²) in [6, 6.07) is 3.90. The van der Waals surface area contributed by atoms with Crippen molar-refractivity contribution in [2.45, 2.75) is 48.8 Å². The van der Waals surface area contributed by atoms with Gasteiger partial charge in [0.05, 0.1) is 24.2 Å². The molecule has 1 spiro atoms. The van der Waals surface area contributed by atoms with Crippen LogP contribution in [0.3, 0.4) is 0 Å². The highest BCUT2D eigenvalue weighted by molar-refractivity contribution is 5.90. The molecule has 7 heteroatoms. The predicted octanol–water partition coefficient (Wildman–Crippen LogP) is 1.60. The Hall–Kier alpha value is -1.93. The summed E-state index contributed by atoms with van der Waals surface area (Å²) in [5.74, 6) is 1.25. The van der Waals surface area contributed by atoms with Crippen LogP contribution in [0.4, 0.5) is 0 Å². The van der Waals surface area contributed by atoms with Gasteiger partial charge in [-0.15, -0.1) is 6.58 Å². The van der Waals surface area contributed by atoms with Crippen LogP contribution in [0.2, 0.25) is 0 Å². The predicted molar refractivity (Wildman–Crippen MR) is 109 cm³/mol. The van der Waals surface area contributed by atoms with E-state index in [0.717, 1.165) is 30.6 Å². The molecule has 4 atom stereocenters. The van der Waals surface area contributed by atoms with E-state index in [4.69, 9.17) is 18.9 Å². The molecule has 1 N–H and O–H groups in total. The number of nitrogens with zero attached hydrogens (tertiary/aromatic N) is 1. The summed E-state index contributed by atoms with van der Waals surface area (Å²) in [7, 11) is 1.62. The van der Waals surface area contributed by atoms with E-state index < -0.39 is 17.1 Å². The molecule has 162 valence electrons. The van der Waals surface area contributed by atoms with E-state index in [9.17, 15) is 9.90 Å². The van der Waals surface area contributed by atoms with Gasteiger partial charge in [-0.25, -0.2) is 0 Å². The van der Waals surface area contributed by atoms with Crippen LogP contribution in [0.25, 0.3) is 0 Å². The summed E-state index contributed by atoms with van der Waals surface area (Å²) >= 11 is 0. The average molecular weight is 415 g/mol. The first-order valence-electron chi connectivity index (χ1n) is 10.7. The topological polar surface area (TPSA) is 77.5 Å². The molecule has 30 heavy (non-hydrogen) atoms. The summed E-state index contributed by atoms with van der Waals surface area (Å²) in [5, 5.41) is 12.1. The minimum atomic E-state index is -1.00. The first-order valence-corrected chi connectivity index (χ1v) is 10.7. The van der Waals surface area contributed by atoms with Crippen molar-refractivity contribution >= 4 is 5.78 Å². The number of Topliss-reactive ketones (excluding diaryl/α,β-unsaturated/α-hetero) is 1. The van der Waals surface area contributed by atoms with Crippen LogP contribution in [0.1, 0.15) is 30.4 Å². The van der Waals surface area contributed by atoms with Gasteiger partial charge in [-0.3, -0.25) is 9.69 Å². The highest BCUT2D eigenvalue weighted by Gasteiger charge is 2.73. The smallest absolute Gasteiger partial charge is 0.189 e. The lowest BCUT2D eigenvalue weighted by Gasteiger charge is -2.62. The van der Waals surface area contributed by atoms with Crippen molar-refractivity contribution in [1.82, 2.24) is 4.90 Å². The molecule has 4 aliphatic rings. The van der Waals surface area contributed by atoms with Gasteiger partial charge in [0.2, 0.25) is 0 Å². The maximum Gasteiger partial charge on any atom is 0.189 e. The summed E-state index contributed by atoms with van der Waals surface area (Å²) in [6.45, 7) is 6.42. The van der Waals surface area contributed by atoms with E-state index in [1.807, 2.05) is 12.1 Å². The molecular weight excluding hydrogens is 386 g/mol. The highest BCUT2D eigenvalue weighted by Crippen LogP contribution is 2.64. The largest absolute Gasteiger partial charge is 0.477 e. The van der Waals surface area contributed by atoms with E-state index in [1.54, 1.807) is 7.11 Å². The van der Waals surface area contributed by atoms with Gasteiger partial charge in [0.25, 0.3) is 0 Å². The van der Waals surface area contributed by atoms with Gasteiger partial charge in [0.15, 0.2) is 30.2 Å². The van der Waals surface area contributed by atoms with E-state index in [0.29, 0.717) is 44.0 Å². The monoisotopic (exact) mass is 415 g/mol. The van der Waals surface area contributed by atoms with Crippen LogP contribution in [-0.4, -0.2) is 73.7 Å². The van der Waals surface area contributed by atoms with Gasteiger partial charge < -0.3 is 24.1 Å². The highest BCUT2D eigenvalue weighted by atomic mass is 16.7. The second kappa shape index (κ2) is 7.34. The first kappa shape index (κ1) is 20.0. The molecule has 2 heterocycles. The Kier molecular flexibility index (Phi) is 4.89. The lowest BCUT2D eigenvalue weighted by Crippen LogP contribution is -2.76. The SMILES string of the molecule is C=CCN1CC[C@]23c4c5ccc(OCOCCOC)c4OC2C(=O)CC[C@@]3(O)[C@H]1C5. The van der Waals surface area contributed by atoms with Crippen LogP contribution >= 0.6 is 0 Å². The number of carbonyl (C=O) groups excluding carboxylic acids is 1. The lowest BCUT2D eigenvalue weighted by molar-refractivity contribution is -0.187. The van der Waals surface area contributed by atoms with Crippen molar-refractivity contribution in [3.05, 3.63) is 35.9 Å². The average Bonchev–Trinajstić information content (AvgIpc) is 3.09. The van der Waals surface area contributed by atoms with Crippen LogP contribution in [-0.2, 0) is 26.1 Å². The van der Waals surface area contributed by atoms with Crippen molar-refractivity contribution in [3.8, 4) is 11.5 Å². The summed E-state index contributed by atoms with van der Waals surface area (Å²) in [6.07, 6.45) is 3.44. The number of ether oxygens (including phenoxy) is 4. The number of hydrogen-bond donors (Lipinski definition) is 1. The molecule has 2 fully saturated rings. The lowest BCUT2D eigenvalue weighted by atomic mass is 9.49. The van der Waals surface area contributed by atoms with Crippen LogP contribution in [0, 0.1) is 0 Å². The third kappa shape index (κ3) is 2.56. The number of benzene rings is 1. The number of ketones is 1. The summed E-state index contributed by atoms with van der Waals surface area (Å²) in [5.41, 5.74) is 0.410. The molecule has 1 saturated heterocycles. The third-order valence-corrected chi connectivity index (χ3v) is 7.45. The Morgan fingerprint density at radius 3 is 3.03 bits per heavy atom. The van der Waals surface area contributed by atoms with Crippen LogP contribution < -0.4 is 9.47 Å². The van der Waals surface area contributed by atoms with E-state index in [-0.39, 0.29) is 18.6 Å². The maximum absolute atomic E-state index is 13.0. The molecule has 2 bridgehead atoms. The minimum Gasteiger partial charge on any atom is -0.477 e. The number of rotatable bonds is 8. The van der Waals surface area contributed by atoms with Gasteiger partial charge in [-0.05, 0) is 30.9 Å². The Morgan fingerprint density at radius 2 is 2.23 bits per heavy atom. The molecule has 7 nitrogen and oxygen atoms in total. The molecule has 1 aromatic rings. The number of piperidine rings is 1. The van der Waals surface area contributed by atoms with Gasteiger partial charge in [0.1, 0.15) is 0 Å². The number of carbonyl (C=O) groups is 1. The van der Waals surface area contributed by atoms with Crippen LogP contribution in [0.15, 0.2) is 24.8 Å². The van der Waals surface area contributed by atoms with Crippen molar-refractivity contribution in [3.63, 3.8) is 0 Å². The fourth-order valence-corrected chi connectivity index (χ4v) is 6.21. The van der Waals surface area contributed by atoms with Crippen molar-refractivity contribution < 1.29 is 28.8 Å². The molecule has 2 aliphatic carbocycles. The minimum absolute atomic E-state index is 0.0500. The Bertz CT molecular complexity index is 871. The standard InChI is InChI=1S/C23H29NO6/c1-3-9-24-10-8-22-19-15-4-5-17(29-14-28-12-11-27-2)20(19)30-21(22)16(25)6-7-23(22,26)18(24)13-15/h3-5,18,21,26H,1,6-14H2,2H3/t18-,21?,22+,23-/m1/s1. The van der Waals surface area contributed by atoms with Crippen LogP contribution in [0.5, 0.6) is 11.5 Å². The Morgan fingerprint density at radius 1 is 1.37 bits per heavy atom. The van der Waals surface area contributed by atoms with Crippen molar-refractivity contribution in [2.24, 2.45) is 0 Å². The van der Waals surface area contributed by atoms with Gasteiger partial charge in [-0.2, -0.15) is 0 Å². The second-order valence-electron chi connectivity index (χ2n) is 8.70. The molecule has 1 aromatic carbocycles. The molecule has 0 radical (unpaired) electrons. The zero-order valence-electron chi connectivity index (χ0n) is 17.4. The maximum atomic E-state index is 13.0. The summed E-state index contributed by atoms with van der Waals surface area (Å²) < 4.78 is 22.6. The zero-order valence-corrected chi connectivity index (χ0v) is 17.4. The van der Waals surface area contributed by atoms with Crippen molar-refractivity contribution in [1.29, 1.82) is 0 Å². The normalized spacial score (nSPS) is 33.7.